The van der Waals surface area contributed by atoms with Gasteiger partial charge in [0.1, 0.15) is 0 Å². The van der Waals surface area contributed by atoms with Gasteiger partial charge in [0.15, 0.2) is 11.5 Å². The van der Waals surface area contributed by atoms with E-state index in [1.807, 2.05) is 43.3 Å². The molecule has 0 atom stereocenters. The summed E-state index contributed by atoms with van der Waals surface area (Å²) in [6.07, 6.45) is 2.97. The van der Waals surface area contributed by atoms with E-state index in [-0.39, 0.29) is 11.9 Å². The molecule has 0 aromatic heterocycles. The van der Waals surface area contributed by atoms with Crippen LogP contribution >= 0.6 is 0 Å². The van der Waals surface area contributed by atoms with Gasteiger partial charge in [-0.15, -0.1) is 0 Å². The molecule has 7 nitrogen and oxygen atoms in total. The average Bonchev–Trinajstić information content (AvgIpc) is 3.11. The molecule has 0 unspecified atom stereocenters. The van der Waals surface area contributed by atoms with Gasteiger partial charge in [-0.1, -0.05) is 30.3 Å². The molecule has 3 aromatic rings. The van der Waals surface area contributed by atoms with E-state index in [0.29, 0.717) is 42.4 Å². The summed E-state index contributed by atoms with van der Waals surface area (Å²) in [7, 11) is 1.59. The van der Waals surface area contributed by atoms with E-state index in [2.05, 4.69) is 16.7 Å². The molecular weight excluding hydrogens is 442 g/mol. The zero-order valence-corrected chi connectivity index (χ0v) is 20.2. The number of ether oxygens (including phenoxy) is 2. The van der Waals surface area contributed by atoms with E-state index in [1.54, 1.807) is 36.3 Å². The Morgan fingerprint density at radius 2 is 1.83 bits per heavy atom. The molecule has 3 aromatic carbocycles. The summed E-state index contributed by atoms with van der Waals surface area (Å²) < 4.78 is 10.9. The normalized spacial score (nSPS) is 12.8. The summed E-state index contributed by atoms with van der Waals surface area (Å²) in [6.45, 7) is 3.46. The number of methoxy groups -OCH3 is 1. The van der Waals surface area contributed by atoms with E-state index >= 15 is 0 Å². The van der Waals surface area contributed by atoms with Crippen molar-refractivity contribution in [3.05, 3.63) is 83.4 Å². The van der Waals surface area contributed by atoms with Crippen LogP contribution in [0.5, 0.6) is 11.5 Å². The zero-order valence-electron chi connectivity index (χ0n) is 20.2. The van der Waals surface area contributed by atoms with Crippen LogP contribution in [0.2, 0.25) is 0 Å². The topological polar surface area (TPSA) is 79.9 Å². The van der Waals surface area contributed by atoms with Crippen LogP contribution in [0.1, 0.15) is 41.3 Å². The monoisotopic (exact) mass is 473 g/mol. The maximum atomic E-state index is 13.1. The van der Waals surface area contributed by atoms with Gasteiger partial charge in [0.05, 0.1) is 13.7 Å². The number of aryl methyl sites for hydroxylation is 1. The van der Waals surface area contributed by atoms with Crippen LogP contribution in [0, 0.1) is 0 Å². The Bertz CT molecular complexity index is 1190. The standard InChI is InChI=1S/C28H31N3O4/c1-3-35-25-15-14-20(17-26(25)34-2)19-29-27(32)22-11-8-12-23(18-22)30-28(33)31-16-7-6-10-21-9-4-5-13-24(21)31/h4-5,8-9,11-15,17-18H,3,6-7,10,16,19H2,1-2H3,(H,29,32)(H,30,33). The van der Waals surface area contributed by atoms with Gasteiger partial charge in [0, 0.05) is 30.0 Å². The number of para-hydroxylation sites is 1. The second-order valence-electron chi connectivity index (χ2n) is 8.35. The number of nitrogens with one attached hydrogen (secondary N) is 2. The zero-order chi connectivity index (χ0) is 24.6. The van der Waals surface area contributed by atoms with Crippen molar-refractivity contribution in [2.24, 2.45) is 0 Å². The summed E-state index contributed by atoms with van der Waals surface area (Å²) in [4.78, 5) is 27.7. The van der Waals surface area contributed by atoms with Gasteiger partial charge >= 0.3 is 6.03 Å². The number of benzene rings is 3. The number of carbonyl (C=O) groups is 2. The Balaban J connectivity index is 1.41. The first-order valence-corrected chi connectivity index (χ1v) is 11.9. The molecule has 1 aliphatic rings. The second-order valence-corrected chi connectivity index (χ2v) is 8.35. The third-order valence-corrected chi connectivity index (χ3v) is 5.96. The molecule has 2 N–H and O–H groups in total. The van der Waals surface area contributed by atoms with Crippen LogP contribution in [-0.4, -0.2) is 32.2 Å². The smallest absolute Gasteiger partial charge is 0.326 e. The van der Waals surface area contributed by atoms with Crippen molar-refractivity contribution in [1.29, 1.82) is 0 Å². The molecule has 0 fully saturated rings. The summed E-state index contributed by atoms with van der Waals surface area (Å²) >= 11 is 0. The molecular formula is C28H31N3O4. The van der Waals surface area contributed by atoms with E-state index < -0.39 is 0 Å². The molecule has 3 amide bonds. The van der Waals surface area contributed by atoms with E-state index in [0.717, 1.165) is 30.5 Å². The molecule has 0 radical (unpaired) electrons. The van der Waals surface area contributed by atoms with Crippen LogP contribution in [0.3, 0.4) is 0 Å². The predicted molar refractivity (Wildman–Crippen MR) is 138 cm³/mol. The fraction of sp³-hybridized carbons (Fsp3) is 0.286. The van der Waals surface area contributed by atoms with Crippen molar-refractivity contribution < 1.29 is 19.1 Å². The Hall–Kier alpha value is -4.00. The number of anilines is 2. The lowest BCUT2D eigenvalue weighted by molar-refractivity contribution is 0.0951. The number of hydrogen-bond donors (Lipinski definition) is 2. The largest absolute Gasteiger partial charge is 0.493 e. The number of fused-ring (bicyclic) bond motifs is 1. The highest BCUT2D eigenvalue weighted by atomic mass is 16.5. The number of urea groups is 1. The SMILES string of the molecule is CCOc1ccc(CNC(=O)c2cccc(NC(=O)N3CCCCc4ccccc43)c2)cc1OC. The van der Waals surface area contributed by atoms with Crippen LogP contribution < -0.4 is 25.0 Å². The minimum atomic E-state index is -0.228. The molecule has 0 bridgehead atoms. The lowest BCUT2D eigenvalue weighted by Gasteiger charge is -2.23. The van der Waals surface area contributed by atoms with Crippen molar-refractivity contribution >= 4 is 23.3 Å². The number of hydrogen-bond acceptors (Lipinski definition) is 4. The Morgan fingerprint density at radius 1 is 0.971 bits per heavy atom. The summed E-state index contributed by atoms with van der Waals surface area (Å²) in [5.41, 5.74) is 4.06. The summed E-state index contributed by atoms with van der Waals surface area (Å²) in [5.74, 6) is 1.06. The molecule has 4 rings (SSSR count). The van der Waals surface area contributed by atoms with E-state index in [4.69, 9.17) is 9.47 Å². The molecule has 182 valence electrons. The van der Waals surface area contributed by atoms with E-state index in [9.17, 15) is 9.59 Å². The third kappa shape index (κ3) is 5.93. The number of rotatable bonds is 7. The van der Waals surface area contributed by atoms with E-state index in [1.165, 1.54) is 5.56 Å². The first kappa shape index (κ1) is 24.1. The molecule has 35 heavy (non-hydrogen) atoms. The lowest BCUT2D eigenvalue weighted by atomic mass is 10.1. The summed E-state index contributed by atoms with van der Waals surface area (Å²) in [6, 6.07) is 20.4. The van der Waals surface area contributed by atoms with Gasteiger partial charge in [-0.3, -0.25) is 9.69 Å². The average molecular weight is 474 g/mol. The van der Waals surface area contributed by atoms with Gasteiger partial charge in [-0.2, -0.15) is 0 Å². The van der Waals surface area contributed by atoms with Gasteiger partial charge in [-0.05, 0) is 73.7 Å². The van der Waals surface area contributed by atoms with Crippen LogP contribution in [0.4, 0.5) is 16.2 Å². The van der Waals surface area contributed by atoms with Gasteiger partial charge in [0.2, 0.25) is 0 Å². The maximum absolute atomic E-state index is 13.1. The maximum Gasteiger partial charge on any atom is 0.326 e. The molecule has 0 aliphatic carbocycles. The molecule has 0 saturated carbocycles. The number of nitrogens with zero attached hydrogens (tertiary/aromatic N) is 1. The van der Waals surface area contributed by atoms with Crippen molar-refractivity contribution in [1.82, 2.24) is 5.32 Å². The highest BCUT2D eigenvalue weighted by molar-refractivity contribution is 6.03. The van der Waals surface area contributed by atoms with Crippen LogP contribution in [0.15, 0.2) is 66.7 Å². The Labute approximate surface area is 206 Å². The fourth-order valence-corrected chi connectivity index (χ4v) is 4.21. The summed E-state index contributed by atoms with van der Waals surface area (Å²) in [5, 5.41) is 5.88. The highest BCUT2D eigenvalue weighted by Gasteiger charge is 2.21. The van der Waals surface area contributed by atoms with Crippen molar-refractivity contribution in [3.8, 4) is 11.5 Å². The molecule has 1 aliphatic heterocycles. The molecule has 0 spiro atoms. The predicted octanol–water partition coefficient (Wildman–Crippen LogP) is 5.40. The minimum Gasteiger partial charge on any atom is -0.493 e. The first-order chi connectivity index (χ1) is 17.1. The van der Waals surface area contributed by atoms with Gasteiger partial charge < -0.3 is 20.1 Å². The molecule has 0 saturated heterocycles. The third-order valence-electron chi connectivity index (χ3n) is 5.96. The highest BCUT2D eigenvalue weighted by Crippen LogP contribution is 2.28. The number of amides is 3. The van der Waals surface area contributed by atoms with Crippen LogP contribution in [0.25, 0.3) is 0 Å². The van der Waals surface area contributed by atoms with Crippen molar-refractivity contribution in [3.63, 3.8) is 0 Å². The van der Waals surface area contributed by atoms with Crippen molar-refractivity contribution in [2.75, 3.05) is 30.5 Å². The van der Waals surface area contributed by atoms with Gasteiger partial charge in [-0.25, -0.2) is 4.79 Å². The molecule has 1 heterocycles. The number of carbonyl (C=O) groups excluding carboxylic acids is 2. The van der Waals surface area contributed by atoms with Gasteiger partial charge in [0.25, 0.3) is 5.91 Å². The van der Waals surface area contributed by atoms with Crippen LogP contribution in [-0.2, 0) is 13.0 Å². The Kier molecular flexibility index (Phi) is 7.88. The van der Waals surface area contributed by atoms with Crippen molar-refractivity contribution in [2.45, 2.75) is 32.7 Å². The Morgan fingerprint density at radius 3 is 2.66 bits per heavy atom. The second kappa shape index (κ2) is 11.4. The first-order valence-electron chi connectivity index (χ1n) is 11.9. The molecule has 7 heteroatoms. The quantitative estimate of drug-likeness (QED) is 0.482. The minimum absolute atomic E-state index is 0.196. The fourth-order valence-electron chi connectivity index (χ4n) is 4.21. The lowest BCUT2D eigenvalue weighted by Crippen LogP contribution is -2.35.